The Hall–Kier alpha value is -0.940. The third-order valence-electron chi connectivity index (χ3n) is 3.74. The smallest absolute Gasteiger partial charge is 0.138 e. The monoisotopic (exact) mass is 224 g/mol. The van der Waals surface area contributed by atoms with Gasteiger partial charge in [0.05, 0.1) is 5.60 Å². The van der Waals surface area contributed by atoms with Crippen molar-refractivity contribution in [1.82, 2.24) is 14.8 Å². The van der Waals surface area contributed by atoms with Gasteiger partial charge in [0, 0.05) is 26.6 Å². The van der Waals surface area contributed by atoms with E-state index in [0.717, 1.165) is 25.1 Å². The zero-order valence-corrected chi connectivity index (χ0v) is 10.0. The number of ether oxygens (including phenoxy) is 1. The molecule has 5 heteroatoms. The Labute approximate surface area is 96.0 Å². The highest BCUT2D eigenvalue weighted by Crippen LogP contribution is 2.35. The molecule has 90 valence electrons. The van der Waals surface area contributed by atoms with Gasteiger partial charge < -0.3 is 10.5 Å². The summed E-state index contributed by atoms with van der Waals surface area (Å²) in [6.45, 7) is 0. The number of aryl methyl sites for hydroxylation is 1. The van der Waals surface area contributed by atoms with Gasteiger partial charge in [-0.1, -0.05) is 12.8 Å². The van der Waals surface area contributed by atoms with Crippen LogP contribution in [-0.2, 0) is 18.2 Å². The van der Waals surface area contributed by atoms with Crippen LogP contribution in [0.2, 0.25) is 0 Å². The summed E-state index contributed by atoms with van der Waals surface area (Å²) < 4.78 is 7.44. The van der Waals surface area contributed by atoms with Crippen molar-refractivity contribution in [2.75, 3.05) is 7.11 Å². The van der Waals surface area contributed by atoms with Crippen LogP contribution in [-0.4, -0.2) is 33.5 Å². The van der Waals surface area contributed by atoms with E-state index in [0.29, 0.717) is 0 Å². The van der Waals surface area contributed by atoms with Gasteiger partial charge in [-0.2, -0.15) is 5.10 Å². The molecule has 2 N–H and O–H groups in total. The predicted molar refractivity (Wildman–Crippen MR) is 60.9 cm³/mol. The van der Waals surface area contributed by atoms with Crippen molar-refractivity contribution >= 4 is 0 Å². The minimum atomic E-state index is -0.147. The molecular weight excluding hydrogens is 204 g/mol. The molecule has 0 bridgehead atoms. The van der Waals surface area contributed by atoms with Crippen LogP contribution < -0.4 is 5.73 Å². The van der Waals surface area contributed by atoms with E-state index < -0.39 is 0 Å². The van der Waals surface area contributed by atoms with Gasteiger partial charge in [-0.15, -0.1) is 0 Å². The summed E-state index contributed by atoms with van der Waals surface area (Å²) in [5, 5.41) is 4.05. The third-order valence-corrected chi connectivity index (χ3v) is 3.74. The van der Waals surface area contributed by atoms with Crippen molar-refractivity contribution in [2.45, 2.75) is 43.7 Å². The minimum Gasteiger partial charge on any atom is -0.377 e. The first-order valence-corrected chi connectivity index (χ1v) is 5.81. The number of hydrogen-bond donors (Lipinski definition) is 1. The maximum atomic E-state index is 6.28. The Balaban J connectivity index is 2.07. The highest BCUT2D eigenvalue weighted by molar-refractivity contribution is 5.00. The lowest BCUT2D eigenvalue weighted by Gasteiger charge is -2.33. The first-order chi connectivity index (χ1) is 7.68. The summed E-state index contributed by atoms with van der Waals surface area (Å²) >= 11 is 0. The van der Waals surface area contributed by atoms with Crippen LogP contribution in [0, 0.1) is 0 Å². The predicted octanol–water partition coefficient (Wildman–Crippen LogP) is 0.644. The fourth-order valence-corrected chi connectivity index (χ4v) is 2.59. The number of methoxy groups -OCH3 is 1. The quantitative estimate of drug-likeness (QED) is 0.815. The highest BCUT2D eigenvalue weighted by Gasteiger charge is 2.40. The van der Waals surface area contributed by atoms with E-state index in [4.69, 9.17) is 10.5 Å². The molecule has 0 saturated heterocycles. The molecule has 0 radical (unpaired) electrons. The van der Waals surface area contributed by atoms with Crippen molar-refractivity contribution < 1.29 is 4.74 Å². The molecule has 0 amide bonds. The van der Waals surface area contributed by atoms with Crippen LogP contribution in [0.5, 0.6) is 0 Å². The molecule has 1 heterocycles. The van der Waals surface area contributed by atoms with Crippen molar-refractivity contribution in [2.24, 2.45) is 12.8 Å². The zero-order chi connectivity index (χ0) is 11.6. The van der Waals surface area contributed by atoms with Gasteiger partial charge in [-0.3, -0.25) is 4.68 Å². The molecule has 1 aromatic rings. The standard InChI is InChI=1S/C11H20N4O/c1-15-10(13-8-14-15)7-9(12)11(16-2)5-3-4-6-11/h8-9H,3-7,12H2,1-2H3. The summed E-state index contributed by atoms with van der Waals surface area (Å²) in [7, 11) is 3.66. The molecule has 2 rings (SSSR count). The molecule has 1 unspecified atom stereocenters. The summed E-state index contributed by atoms with van der Waals surface area (Å²) in [5.41, 5.74) is 6.13. The second-order valence-electron chi connectivity index (χ2n) is 4.59. The normalized spacial score (nSPS) is 21.2. The molecule has 16 heavy (non-hydrogen) atoms. The third kappa shape index (κ3) is 1.97. The highest BCUT2D eigenvalue weighted by atomic mass is 16.5. The molecule has 5 nitrogen and oxygen atoms in total. The van der Waals surface area contributed by atoms with Gasteiger partial charge in [0.25, 0.3) is 0 Å². The molecule has 1 aliphatic rings. The molecule has 0 aliphatic heterocycles. The molecule has 1 aliphatic carbocycles. The van der Waals surface area contributed by atoms with Crippen molar-refractivity contribution in [3.63, 3.8) is 0 Å². The Kier molecular flexibility index (Phi) is 3.25. The van der Waals surface area contributed by atoms with E-state index in [9.17, 15) is 0 Å². The summed E-state index contributed by atoms with van der Waals surface area (Å²) in [6, 6.07) is 0.00269. The summed E-state index contributed by atoms with van der Waals surface area (Å²) in [5.74, 6) is 0.927. The van der Waals surface area contributed by atoms with E-state index in [1.54, 1.807) is 18.1 Å². The molecule has 0 aromatic carbocycles. The lowest BCUT2D eigenvalue weighted by molar-refractivity contribution is -0.0259. The molecule has 1 aromatic heterocycles. The Morgan fingerprint density at radius 3 is 2.75 bits per heavy atom. The van der Waals surface area contributed by atoms with E-state index in [2.05, 4.69) is 10.1 Å². The second-order valence-corrected chi connectivity index (χ2v) is 4.59. The van der Waals surface area contributed by atoms with Crippen LogP contribution >= 0.6 is 0 Å². The fourth-order valence-electron chi connectivity index (χ4n) is 2.59. The molecule has 1 saturated carbocycles. The van der Waals surface area contributed by atoms with Gasteiger partial charge in [0.15, 0.2) is 0 Å². The van der Waals surface area contributed by atoms with E-state index in [1.807, 2.05) is 7.05 Å². The largest absolute Gasteiger partial charge is 0.377 e. The van der Waals surface area contributed by atoms with Crippen LogP contribution in [0.3, 0.4) is 0 Å². The summed E-state index contributed by atoms with van der Waals surface area (Å²) in [6.07, 6.45) is 6.83. The minimum absolute atomic E-state index is 0.00269. The topological polar surface area (TPSA) is 66.0 Å². The maximum absolute atomic E-state index is 6.28. The van der Waals surface area contributed by atoms with Crippen molar-refractivity contribution in [1.29, 1.82) is 0 Å². The average molecular weight is 224 g/mol. The molecule has 0 spiro atoms. The van der Waals surface area contributed by atoms with Gasteiger partial charge in [-0.05, 0) is 12.8 Å². The lowest BCUT2D eigenvalue weighted by Crippen LogP contribution is -2.49. The maximum Gasteiger partial charge on any atom is 0.138 e. The number of hydrogen-bond acceptors (Lipinski definition) is 4. The Bertz CT molecular complexity index is 344. The number of nitrogens with two attached hydrogens (primary N) is 1. The van der Waals surface area contributed by atoms with Gasteiger partial charge in [0.1, 0.15) is 12.2 Å². The van der Waals surface area contributed by atoms with E-state index in [-0.39, 0.29) is 11.6 Å². The zero-order valence-electron chi connectivity index (χ0n) is 10.0. The summed E-state index contributed by atoms with van der Waals surface area (Å²) in [4.78, 5) is 4.21. The van der Waals surface area contributed by atoms with Crippen LogP contribution in [0.25, 0.3) is 0 Å². The second kappa shape index (κ2) is 4.51. The van der Waals surface area contributed by atoms with Crippen LogP contribution in [0.15, 0.2) is 6.33 Å². The Morgan fingerprint density at radius 2 is 2.25 bits per heavy atom. The number of aromatic nitrogens is 3. The van der Waals surface area contributed by atoms with Crippen molar-refractivity contribution in [3.05, 3.63) is 12.2 Å². The van der Waals surface area contributed by atoms with E-state index >= 15 is 0 Å². The molecule has 1 fully saturated rings. The first-order valence-electron chi connectivity index (χ1n) is 5.81. The molecular formula is C11H20N4O. The Morgan fingerprint density at radius 1 is 1.56 bits per heavy atom. The molecule has 1 atom stereocenters. The lowest BCUT2D eigenvalue weighted by atomic mass is 9.90. The van der Waals surface area contributed by atoms with Crippen LogP contribution in [0.4, 0.5) is 0 Å². The van der Waals surface area contributed by atoms with Crippen molar-refractivity contribution in [3.8, 4) is 0 Å². The average Bonchev–Trinajstić information content (AvgIpc) is 2.89. The van der Waals surface area contributed by atoms with Gasteiger partial charge >= 0.3 is 0 Å². The van der Waals surface area contributed by atoms with E-state index in [1.165, 1.54) is 12.8 Å². The first kappa shape index (κ1) is 11.5. The van der Waals surface area contributed by atoms with Gasteiger partial charge in [-0.25, -0.2) is 4.98 Å². The SMILES string of the molecule is COC1(C(N)Cc2ncnn2C)CCCC1. The number of nitrogens with zero attached hydrogens (tertiary/aromatic N) is 3. The fraction of sp³-hybridized carbons (Fsp3) is 0.818. The number of rotatable bonds is 4. The van der Waals surface area contributed by atoms with Crippen LogP contribution in [0.1, 0.15) is 31.5 Å². The van der Waals surface area contributed by atoms with Gasteiger partial charge in [0.2, 0.25) is 0 Å².